The van der Waals surface area contributed by atoms with Crippen molar-refractivity contribution in [2.75, 3.05) is 20.0 Å². The van der Waals surface area contributed by atoms with E-state index in [-0.39, 0.29) is 28.6 Å². The molecule has 0 radical (unpaired) electrons. The highest BCUT2D eigenvalue weighted by atomic mass is 32.2. The first-order valence-electron chi connectivity index (χ1n) is 11.5. The fourth-order valence-corrected chi connectivity index (χ4v) is 4.04. The summed E-state index contributed by atoms with van der Waals surface area (Å²) in [4.78, 5) is 49.9. The number of thioether (sulfide) groups is 1. The summed E-state index contributed by atoms with van der Waals surface area (Å²) in [5, 5.41) is 14.5. The number of aliphatic carboxylic acids is 1. The van der Waals surface area contributed by atoms with E-state index in [0.717, 1.165) is 6.42 Å². The molecule has 0 bridgehead atoms. The second-order valence-corrected chi connectivity index (χ2v) is 10.9. The van der Waals surface area contributed by atoms with Gasteiger partial charge in [-0.3, -0.25) is 19.2 Å². The van der Waals surface area contributed by atoms with Gasteiger partial charge >= 0.3 is 5.97 Å². The first-order valence-corrected chi connectivity index (χ1v) is 12.5. The number of carbonyl (C=O) groups is 4. The first kappa shape index (κ1) is 30.3. The van der Waals surface area contributed by atoms with Gasteiger partial charge < -0.3 is 25.2 Å². The molecule has 2 atom stereocenters. The molecule has 35 heavy (non-hydrogen) atoms. The average Bonchev–Trinajstić information content (AvgIpc) is 2.79. The van der Waals surface area contributed by atoms with Crippen LogP contribution in [0, 0.1) is 5.92 Å². The quantitative estimate of drug-likeness (QED) is 0.328. The number of rotatable bonds is 15. The number of hydrogen-bond donors (Lipinski definition) is 3. The monoisotopic (exact) mass is 510 g/mol. The van der Waals surface area contributed by atoms with Crippen LogP contribution in [0.1, 0.15) is 53.0 Å². The lowest BCUT2D eigenvalue weighted by atomic mass is 10.0. The highest BCUT2D eigenvalue weighted by Crippen LogP contribution is 2.28. The number of methoxy groups -OCH3 is 2. The van der Waals surface area contributed by atoms with Gasteiger partial charge in [0.1, 0.15) is 17.5 Å². The molecule has 196 valence electrons. The van der Waals surface area contributed by atoms with Crippen molar-refractivity contribution in [3.63, 3.8) is 0 Å². The summed E-state index contributed by atoms with van der Waals surface area (Å²) in [6.07, 6.45) is 0.245. The lowest BCUT2D eigenvalue weighted by molar-refractivity contribution is -0.140. The zero-order valence-electron chi connectivity index (χ0n) is 21.6. The third-order valence-corrected chi connectivity index (χ3v) is 7.14. The number of benzene rings is 1. The number of Topliss-reactive ketones (excluding diaryl/α,β-unsaturated/α-hetero) is 1. The Bertz CT molecular complexity index is 902. The molecule has 1 aromatic rings. The van der Waals surface area contributed by atoms with Crippen LogP contribution in [-0.4, -0.2) is 65.5 Å². The van der Waals surface area contributed by atoms with Gasteiger partial charge in [-0.2, -0.15) is 0 Å². The Morgan fingerprint density at radius 1 is 1.09 bits per heavy atom. The van der Waals surface area contributed by atoms with Gasteiger partial charge in [-0.15, -0.1) is 11.8 Å². The van der Waals surface area contributed by atoms with Gasteiger partial charge in [0.2, 0.25) is 11.8 Å². The first-order chi connectivity index (χ1) is 16.3. The average molecular weight is 511 g/mol. The van der Waals surface area contributed by atoms with Gasteiger partial charge in [-0.05, 0) is 30.5 Å². The Labute approximate surface area is 211 Å². The summed E-state index contributed by atoms with van der Waals surface area (Å²) in [5.41, 5.74) is 0.585. The molecule has 0 unspecified atom stereocenters. The zero-order valence-corrected chi connectivity index (χ0v) is 22.4. The summed E-state index contributed by atoms with van der Waals surface area (Å²) in [6, 6.07) is 2.94. The predicted octanol–water partition coefficient (Wildman–Crippen LogP) is 2.84. The molecule has 0 saturated carbocycles. The van der Waals surface area contributed by atoms with Crippen molar-refractivity contribution in [3.8, 4) is 11.5 Å². The van der Waals surface area contributed by atoms with Crippen molar-refractivity contribution in [2.24, 2.45) is 5.92 Å². The maximum Gasteiger partial charge on any atom is 0.305 e. The zero-order chi connectivity index (χ0) is 26.8. The number of amides is 2. The number of ketones is 1. The molecule has 0 aliphatic heterocycles. The smallest absolute Gasteiger partial charge is 0.305 e. The summed E-state index contributed by atoms with van der Waals surface area (Å²) in [5.74, 6) is -1.76. The standard InChI is InChI=1S/C25H38N2O7S/c1-8-25(4,5)35-14-19(28)18(13-22(30)31)26-24(32)23(15(2)3)27-21(29)12-16-11-17(33-6)9-10-20(16)34-7/h9-11,15,18,23H,8,12-14H2,1-7H3,(H,26,32)(H,27,29)(H,30,31)/t18-,23-/m0/s1. The van der Waals surface area contributed by atoms with Gasteiger partial charge in [0, 0.05) is 10.3 Å². The molecular weight excluding hydrogens is 472 g/mol. The molecule has 1 rings (SSSR count). The Kier molecular flexibility index (Phi) is 12.1. The van der Waals surface area contributed by atoms with E-state index in [1.54, 1.807) is 32.0 Å². The van der Waals surface area contributed by atoms with Crippen molar-refractivity contribution in [1.82, 2.24) is 10.6 Å². The fourth-order valence-electron chi connectivity index (χ4n) is 3.10. The van der Waals surface area contributed by atoms with Crippen molar-refractivity contribution in [3.05, 3.63) is 23.8 Å². The number of carboxylic acid groups (broad SMARTS) is 1. The molecule has 1 aromatic carbocycles. The van der Waals surface area contributed by atoms with Crippen LogP contribution in [0.25, 0.3) is 0 Å². The van der Waals surface area contributed by atoms with Gasteiger partial charge in [0.05, 0.1) is 38.9 Å². The lowest BCUT2D eigenvalue weighted by Gasteiger charge is -2.26. The second-order valence-electron chi connectivity index (χ2n) is 9.17. The van der Waals surface area contributed by atoms with Gasteiger partial charge in [0.25, 0.3) is 0 Å². The van der Waals surface area contributed by atoms with Gasteiger partial charge in [0.15, 0.2) is 5.78 Å². The van der Waals surface area contributed by atoms with Crippen LogP contribution in [-0.2, 0) is 25.6 Å². The van der Waals surface area contributed by atoms with Gasteiger partial charge in [-0.25, -0.2) is 0 Å². The molecule has 2 amide bonds. The van der Waals surface area contributed by atoms with Crippen LogP contribution in [0.5, 0.6) is 11.5 Å². The number of nitrogens with one attached hydrogen (secondary N) is 2. The number of carboxylic acids is 1. The molecule has 9 nitrogen and oxygen atoms in total. The van der Waals surface area contributed by atoms with Crippen LogP contribution in [0.15, 0.2) is 18.2 Å². The number of carbonyl (C=O) groups excluding carboxylic acids is 3. The maximum absolute atomic E-state index is 13.0. The van der Waals surface area contributed by atoms with Crippen LogP contribution < -0.4 is 20.1 Å². The highest BCUT2D eigenvalue weighted by molar-refractivity contribution is 8.01. The lowest BCUT2D eigenvalue weighted by Crippen LogP contribution is -2.54. The van der Waals surface area contributed by atoms with E-state index in [0.29, 0.717) is 17.1 Å². The summed E-state index contributed by atoms with van der Waals surface area (Å²) < 4.78 is 10.4. The molecule has 10 heteroatoms. The third kappa shape index (κ3) is 10.2. The van der Waals surface area contributed by atoms with Crippen molar-refractivity contribution < 1.29 is 33.8 Å². The highest BCUT2D eigenvalue weighted by Gasteiger charge is 2.31. The van der Waals surface area contributed by atoms with Gasteiger partial charge in [-0.1, -0.05) is 34.6 Å². The van der Waals surface area contributed by atoms with Crippen LogP contribution >= 0.6 is 11.8 Å². The topological polar surface area (TPSA) is 131 Å². The largest absolute Gasteiger partial charge is 0.497 e. The van der Waals surface area contributed by atoms with Crippen LogP contribution in [0.2, 0.25) is 0 Å². The van der Waals surface area contributed by atoms with E-state index < -0.39 is 36.3 Å². The van der Waals surface area contributed by atoms with E-state index in [4.69, 9.17) is 9.47 Å². The molecule has 0 saturated heterocycles. The molecule has 0 aliphatic carbocycles. The SMILES string of the molecule is CCC(C)(C)SCC(=O)[C@H](CC(=O)O)NC(=O)[C@@H](NC(=O)Cc1cc(OC)ccc1OC)C(C)C. The normalized spacial score (nSPS) is 13.0. The molecule has 0 heterocycles. The predicted molar refractivity (Wildman–Crippen MR) is 136 cm³/mol. The molecule has 0 fully saturated rings. The van der Waals surface area contributed by atoms with E-state index in [1.807, 2.05) is 20.8 Å². The third-order valence-electron chi connectivity index (χ3n) is 5.64. The Balaban J connectivity index is 2.95. The Morgan fingerprint density at radius 2 is 1.74 bits per heavy atom. The van der Waals surface area contributed by atoms with Crippen LogP contribution in [0.3, 0.4) is 0 Å². The summed E-state index contributed by atoms with van der Waals surface area (Å²) in [7, 11) is 3.01. The second kappa shape index (κ2) is 14.0. The minimum atomic E-state index is -1.20. The van der Waals surface area contributed by atoms with Crippen LogP contribution in [0.4, 0.5) is 0 Å². The minimum Gasteiger partial charge on any atom is -0.497 e. The van der Waals surface area contributed by atoms with Crippen molar-refractivity contribution in [1.29, 1.82) is 0 Å². The summed E-state index contributed by atoms with van der Waals surface area (Å²) >= 11 is 1.42. The molecule has 0 aliphatic rings. The molecule has 3 N–H and O–H groups in total. The van der Waals surface area contributed by atoms with E-state index in [1.165, 1.54) is 26.0 Å². The molecule has 0 aromatic heterocycles. The number of hydrogen-bond acceptors (Lipinski definition) is 7. The Morgan fingerprint density at radius 3 is 2.26 bits per heavy atom. The summed E-state index contributed by atoms with van der Waals surface area (Å²) in [6.45, 7) is 9.51. The molecular formula is C25H38N2O7S. The Hall–Kier alpha value is -2.75. The van der Waals surface area contributed by atoms with E-state index in [9.17, 15) is 24.3 Å². The number of ether oxygens (including phenoxy) is 2. The van der Waals surface area contributed by atoms with Crippen molar-refractivity contribution >= 4 is 35.3 Å². The minimum absolute atomic E-state index is 0.0584. The fraction of sp³-hybridized carbons (Fsp3) is 0.600. The maximum atomic E-state index is 13.0. The van der Waals surface area contributed by atoms with E-state index in [2.05, 4.69) is 10.6 Å². The molecule has 0 spiro atoms. The van der Waals surface area contributed by atoms with E-state index >= 15 is 0 Å². The van der Waals surface area contributed by atoms with Crippen molar-refractivity contribution in [2.45, 2.75) is 70.7 Å².